The van der Waals surface area contributed by atoms with E-state index in [1.807, 2.05) is 25.7 Å². The van der Waals surface area contributed by atoms with Crippen molar-refractivity contribution >= 4 is 6.09 Å². The number of amides is 1. The number of hydrogen-bond donors (Lipinski definition) is 1. The standard InChI is InChI=1S/C15H29N3O2/c1-15(2,3)20-14(19)18-8-5-12(6-9-18)13-11-16-7-10-17(13)4/h12-13,16H,5-11H2,1-4H3. The van der Waals surface area contributed by atoms with Gasteiger partial charge in [0, 0.05) is 38.8 Å². The molecule has 1 N–H and O–H groups in total. The van der Waals surface area contributed by atoms with E-state index in [9.17, 15) is 4.79 Å². The molecule has 2 heterocycles. The average molecular weight is 283 g/mol. The van der Waals surface area contributed by atoms with Crippen LogP contribution in [0.25, 0.3) is 0 Å². The number of ether oxygens (including phenoxy) is 1. The van der Waals surface area contributed by atoms with Gasteiger partial charge in [-0.05, 0) is 46.6 Å². The topological polar surface area (TPSA) is 44.8 Å². The van der Waals surface area contributed by atoms with Gasteiger partial charge < -0.3 is 19.9 Å². The third-order valence-corrected chi connectivity index (χ3v) is 4.30. The zero-order valence-electron chi connectivity index (χ0n) is 13.3. The van der Waals surface area contributed by atoms with Gasteiger partial charge in [0.1, 0.15) is 5.60 Å². The van der Waals surface area contributed by atoms with E-state index in [0.717, 1.165) is 45.6 Å². The summed E-state index contributed by atoms with van der Waals surface area (Å²) in [6, 6.07) is 0.615. The summed E-state index contributed by atoms with van der Waals surface area (Å²) in [5, 5.41) is 3.48. The lowest BCUT2D eigenvalue weighted by Crippen LogP contribution is -2.55. The number of likely N-dealkylation sites (tertiary alicyclic amines) is 1. The second-order valence-corrected chi connectivity index (χ2v) is 7.06. The fourth-order valence-electron chi connectivity index (χ4n) is 3.15. The number of carbonyl (C=O) groups is 1. The van der Waals surface area contributed by atoms with Crippen molar-refractivity contribution in [1.29, 1.82) is 0 Å². The highest BCUT2D eigenvalue weighted by molar-refractivity contribution is 5.68. The summed E-state index contributed by atoms with van der Waals surface area (Å²) >= 11 is 0. The summed E-state index contributed by atoms with van der Waals surface area (Å²) in [7, 11) is 2.21. The zero-order chi connectivity index (χ0) is 14.8. The molecule has 0 radical (unpaired) electrons. The number of hydrogen-bond acceptors (Lipinski definition) is 4. The first-order valence-electron chi connectivity index (χ1n) is 7.76. The Morgan fingerprint density at radius 1 is 1.20 bits per heavy atom. The number of rotatable bonds is 1. The molecule has 1 amide bonds. The quantitative estimate of drug-likeness (QED) is 0.793. The molecule has 0 saturated carbocycles. The van der Waals surface area contributed by atoms with Crippen molar-refractivity contribution in [2.75, 3.05) is 39.8 Å². The Hall–Kier alpha value is -0.810. The maximum absolute atomic E-state index is 12.0. The highest BCUT2D eigenvalue weighted by atomic mass is 16.6. The van der Waals surface area contributed by atoms with Crippen LogP contribution in [0, 0.1) is 5.92 Å². The molecule has 2 aliphatic rings. The van der Waals surface area contributed by atoms with Crippen molar-refractivity contribution < 1.29 is 9.53 Å². The van der Waals surface area contributed by atoms with Gasteiger partial charge in [-0.1, -0.05) is 0 Å². The fourth-order valence-corrected chi connectivity index (χ4v) is 3.15. The number of nitrogens with zero attached hydrogens (tertiary/aromatic N) is 2. The lowest BCUT2D eigenvalue weighted by molar-refractivity contribution is 0.0127. The normalized spacial score (nSPS) is 26.6. The molecule has 2 rings (SSSR count). The molecule has 2 aliphatic heterocycles. The zero-order valence-corrected chi connectivity index (χ0v) is 13.3. The molecule has 0 bridgehead atoms. The lowest BCUT2D eigenvalue weighted by atomic mass is 9.88. The van der Waals surface area contributed by atoms with Gasteiger partial charge in [-0.15, -0.1) is 0 Å². The van der Waals surface area contributed by atoms with Crippen molar-refractivity contribution in [1.82, 2.24) is 15.1 Å². The van der Waals surface area contributed by atoms with Crippen LogP contribution in [-0.2, 0) is 4.74 Å². The molecular formula is C15H29N3O2. The number of likely N-dealkylation sites (N-methyl/N-ethyl adjacent to an activating group) is 1. The largest absolute Gasteiger partial charge is 0.444 e. The van der Waals surface area contributed by atoms with Gasteiger partial charge in [0.2, 0.25) is 0 Å². The molecule has 0 aromatic carbocycles. The second-order valence-electron chi connectivity index (χ2n) is 7.06. The van der Waals surface area contributed by atoms with Crippen molar-refractivity contribution in [3.05, 3.63) is 0 Å². The SMILES string of the molecule is CN1CCNCC1C1CCN(C(=O)OC(C)(C)C)CC1. The minimum Gasteiger partial charge on any atom is -0.444 e. The predicted molar refractivity (Wildman–Crippen MR) is 79.8 cm³/mol. The van der Waals surface area contributed by atoms with Crippen molar-refractivity contribution in [2.24, 2.45) is 5.92 Å². The summed E-state index contributed by atoms with van der Waals surface area (Å²) < 4.78 is 5.44. The van der Waals surface area contributed by atoms with Crippen LogP contribution < -0.4 is 5.32 Å². The lowest BCUT2D eigenvalue weighted by Gasteiger charge is -2.42. The molecule has 20 heavy (non-hydrogen) atoms. The molecule has 116 valence electrons. The monoisotopic (exact) mass is 283 g/mol. The Balaban J connectivity index is 1.81. The third-order valence-electron chi connectivity index (χ3n) is 4.30. The Morgan fingerprint density at radius 3 is 2.40 bits per heavy atom. The third kappa shape index (κ3) is 4.09. The van der Waals surface area contributed by atoms with Crippen LogP contribution in [0.15, 0.2) is 0 Å². The Bertz CT molecular complexity index is 333. The Kier molecular flexibility index (Phi) is 4.91. The molecular weight excluding hydrogens is 254 g/mol. The van der Waals surface area contributed by atoms with Gasteiger partial charge in [-0.25, -0.2) is 4.79 Å². The van der Waals surface area contributed by atoms with E-state index in [1.165, 1.54) is 0 Å². The van der Waals surface area contributed by atoms with Crippen LogP contribution in [0.5, 0.6) is 0 Å². The number of piperidine rings is 1. The average Bonchev–Trinajstić information content (AvgIpc) is 2.37. The highest BCUT2D eigenvalue weighted by Crippen LogP contribution is 2.25. The minimum absolute atomic E-state index is 0.161. The molecule has 0 aliphatic carbocycles. The van der Waals surface area contributed by atoms with Crippen LogP contribution in [0.2, 0.25) is 0 Å². The van der Waals surface area contributed by atoms with Crippen LogP contribution in [0.3, 0.4) is 0 Å². The first-order valence-corrected chi connectivity index (χ1v) is 7.76. The number of piperazine rings is 1. The summed E-state index contributed by atoms with van der Waals surface area (Å²) in [5.41, 5.74) is -0.401. The summed E-state index contributed by atoms with van der Waals surface area (Å²) in [4.78, 5) is 16.4. The molecule has 2 fully saturated rings. The Morgan fingerprint density at radius 2 is 1.85 bits per heavy atom. The van der Waals surface area contributed by atoms with E-state index in [4.69, 9.17) is 4.74 Å². The van der Waals surface area contributed by atoms with E-state index in [0.29, 0.717) is 12.0 Å². The summed E-state index contributed by atoms with van der Waals surface area (Å²) in [6.07, 6.45) is 2.00. The van der Waals surface area contributed by atoms with Crippen molar-refractivity contribution in [3.8, 4) is 0 Å². The van der Waals surface area contributed by atoms with Crippen LogP contribution in [0.1, 0.15) is 33.6 Å². The Labute approximate surface area is 122 Å². The first-order chi connectivity index (χ1) is 9.37. The van der Waals surface area contributed by atoms with Gasteiger partial charge in [-0.2, -0.15) is 0 Å². The highest BCUT2D eigenvalue weighted by Gasteiger charge is 2.33. The molecule has 1 unspecified atom stereocenters. The molecule has 0 spiro atoms. The second kappa shape index (κ2) is 6.31. The van der Waals surface area contributed by atoms with E-state index in [-0.39, 0.29) is 6.09 Å². The number of nitrogens with one attached hydrogen (secondary N) is 1. The fraction of sp³-hybridized carbons (Fsp3) is 0.933. The van der Waals surface area contributed by atoms with Crippen LogP contribution in [-0.4, -0.2) is 67.3 Å². The molecule has 1 atom stereocenters. The van der Waals surface area contributed by atoms with Gasteiger partial charge in [-0.3, -0.25) is 0 Å². The minimum atomic E-state index is -0.401. The van der Waals surface area contributed by atoms with E-state index in [1.54, 1.807) is 0 Å². The molecule has 0 aromatic heterocycles. The summed E-state index contributed by atoms with van der Waals surface area (Å²) in [6.45, 7) is 10.7. The molecule has 5 nitrogen and oxygen atoms in total. The van der Waals surface area contributed by atoms with E-state index >= 15 is 0 Å². The maximum Gasteiger partial charge on any atom is 0.410 e. The maximum atomic E-state index is 12.0. The van der Waals surface area contributed by atoms with E-state index < -0.39 is 5.60 Å². The van der Waals surface area contributed by atoms with Gasteiger partial charge in [0.25, 0.3) is 0 Å². The van der Waals surface area contributed by atoms with Crippen LogP contribution in [0.4, 0.5) is 4.79 Å². The van der Waals surface area contributed by atoms with Crippen molar-refractivity contribution in [3.63, 3.8) is 0 Å². The van der Waals surface area contributed by atoms with Crippen LogP contribution >= 0.6 is 0 Å². The van der Waals surface area contributed by atoms with Crippen molar-refractivity contribution in [2.45, 2.75) is 45.3 Å². The number of carbonyl (C=O) groups excluding carboxylic acids is 1. The van der Waals surface area contributed by atoms with E-state index in [2.05, 4.69) is 17.3 Å². The molecule has 5 heteroatoms. The van der Waals surface area contributed by atoms with Gasteiger partial charge in [0.05, 0.1) is 0 Å². The van der Waals surface area contributed by atoms with Gasteiger partial charge >= 0.3 is 6.09 Å². The summed E-state index contributed by atoms with van der Waals surface area (Å²) in [5.74, 6) is 0.687. The van der Waals surface area contributed by atoms with Gasteiger partial charge in [0.15, 0.2) is 0 Å². The first kappa shape index (κ1) is 15.6. The molecule has 0 aromatic rings. The molecule has 2 saturated heterocycles. The smallest absolute Gasteiger partial charge is 0.410 e. The predicted octanol–water partition coefficient (Wildman–Crippen LogP) is 1.54.